The Morgan fingerprint density at radius 3 is 2.22 bits per heavy atom. The van der Waals surface area contributed by atoms with Crippen molar-refractivity contribution in [2.24, 2.45) is 0 Å². The van der Waals surface area contributed by atoms with Gasteiger partial charge in [0.05, 0.1) is 18.7 Å². The van der Waals surface area contributed by atoms with Crippen LogP contribution in [0.5, 0.6) is 11.5 Å². The molecule has 0 aromatic heterocycles. The monoisotopic (exact) mass is 595 g/mol. The lowest BCUT2D eigenvalue weighted by Gasteiger charge is -2.22. The van der Waals surface area contributed by atoms with Crippen LogP contribution < -0.4 is 9.47 Å². The number of rotatable bonds is 16. The van der Waals surface area contributed by atoms with Gasteiger partial charge in [-0.1, -0.05) is 18.2 Å². The Bertz CT molecular complexity index is 1090. The van der Waals surface area contributed by atoms with Crippen molar-refractivity contribution in [1.82, 2.24) is 4.90 Å². The van der Waals surface area contributed by atoms with Gasteiger partial charge in [-0.2, -0.15) is 26.3 Å². The van der Waals surface area contributed by atoms with E-state index >= 15 is 0 Å². The van der Waals surface area contributed by atoms with Crippen LogP contribution in [0.15, 0.2) is 48.5 Å². The van der Waals surface area contributed by atoms with Crippen molar-refractivity contribution in [1.29, 1.82) is 0 Å². The van der Waals surface area contributed by atoms with Crippen LogP contribution in [-0.4, -0.2) is 73.9 Å². The zero-order valence-electron chi connectivity index (χ0n) is 22.2. The number of ether oxygens (including phenoxy) is 4. The van der Waals surface area contributed by atoms with Gasteiger partial charge < -0.3 is 29.0 Å². The Kier molecular flexibility index (Phi) is 13.2. The van der Waals surface area contributed by atoms with Crippen LogP contribution in [0.4, 0.5) is 31.1 Å². The highest BCUT2D eigenvalue weighted by Crippen LogP contribution is 2.31. The molecule has 0 bridgehead atoms. The summed E-state index contributed by atoms with van der Waals surface area (Å²) in [6.07, 6.45) is -12.1. The van der Waals surface area contributed by atoms with Crippen molar-refractivity contribution >= 4 is 12.1 Å². The van der Waals surface area contributed by atoms with Gasteiger partial charge in [-0.05, 0) is 49.2 Å². The second kappa shape index (κ2) is 16.1. The molecule has 2 rings (SSSR count). The molecule has 0 aliphatic rings. The fourth-order valence-corrected chi connectivity index (χ4v) is 3.48. The minimum Gasteiger partial charge on any atom is -0.492 e. The van der Waals surface area contributed by atoms with E-state index in [0.717, 1.165) is 17.0 Å². The van der Waals surface area contributed by atoms with Gasteiger partial charge in [0.1, 0.15) is 18.1 Å². The van der Waals surface area contributed by atoms with Gasteiger partial charge in [-0.3, -0.25) is 0 Å². The normalized spacial score (nSPS) is 12.6. The Hall–Kier alpha value is -3.52. The van der Waals surface area contributed by atoms with E-state index in [9.17, 15) is 41.0 Å². The number of nitrogens with zero attached hydrogens (tertiary/aromatic N) is 1. The molecule has 1 unspecified atom stereocenters. The summed E-state index contributed by atoms with van der Waals surface area (Å²) >= 11 is 0. The van der Waals surface area contributed by atoms with Crippen LogP contribution >= 0.6 is 0 Å². The zero-order chi connectivity index (χ0) is 30.5. The van der Waals surface area contributed by atoms with Crippen LogP contribution in [0.1, 0.15) is 30.9 Å². The molecule has 0 heterocycles. The molecule has 1 amide bonds. The number of amides is 1. The highest BCUT2D eigenvalue weighted by Gasteiger charge is 2.31. The van der Waals surface area contributed by atoms with Crippen LogP contribution in [0, 0.1) is 0 Å². The summed E-state index contributed by atoms with van der Waals surface area (Å²) in [7, 11) is 0. The topological polar surface area (TPSA) is 94.5 Å². The average molecular weight is 596 g/mol. The van der Waals surface area contributed by atoms with Gasteiger partial charge in [0, 0.05) is 32.6 Å². The van der Waals surface area contributed by atoms with E-state index < -0.39 is 42.5 Å². The second-order valence-corrected chi connectivity index (χ2v) is 8.69. The summed E-state index contributed by atoms with van der Waals surface area (Å²) in [5.41, 5.74) is -0.322. The van der Waals surface area contributed by atoms with E-state index in [-0.39, 0.29) is 58.1 Å². The van der Waals surface area contributed by atoms with E-state index in [1.165, 1.54) is 6.07 Å². The minimum absolute atomic E-state index is 0.0677. The van der Waals surface area contributed by atoms with E-state index in [4.69, 9.17) is 18.9 Å². The van der Waals surface area contributed by atoms with Crippen molar-refractivity contribution in [2.45, 2.75) is 44.6 Å². The fraction of sp³-hybridized carbons (Fsp3) is 0.481. The molecule has 2 aromatic rings. The molecular weight excluding hydrogens is 564 g/mol. The summed E-state index contributed by atoms with van der Waals surface area (Å²) in [6.45, 7) is 1.30. The first-order valence-electron chi connectivity index (χ1n) is 12.6. The number of hydrogen-bond donors (Lipinski definition) is 1. The molecule has 41 heavy (non-hydrogen) atoms. The van der Waals surface area contributed by atoms with E-state index in [0.29, 0.717) is 17.4 Å². The molecule has 1 N–H and O–H groups in total. The number of carboxylic acid groups (broad SMARTS) is 1. The lowest BCUT2D eigenvalue weighted by molar-refractivity contribution is -0.150. The van der Waals surface area contributed by atoms with Crippen LogP contribution in [-0.2, 0) is 26.9 Å². The molecule has 0 saturated carbocycles. The Morgan fingerprint density at radius 1 is 0.927 bits per heavy atom. The third-order valence-electron chi connectivity index (χ3n) is 5.50. The van der Waals surface area contributed by atoms with Crippen LogP contribution in [0.2, 0.25) is 0 Å². The number of carboxylic acids is 1. The first kappa shape index (κ1) is 33.7. The van der Waals surface area contributed by atoms with Crippen molar-refractivity contribution in [3.63, 3.8) is 0 Å². The third kappa shape index (κ3) is 13.1. The highest BCUT2D eigenvalue weighted by molar-refractivity contribution is 5.72. The number of benzene rings is 2. The standard InChI is InChI=1S/C27H31F6NO7/c1-2-39-23(24(35)36)17-19-7-9-21(10-8-19)40-16-13-34(12-15-38-14-4-11-26(28,29)30)25(37)41-22-6-3-5-20(18-22)27(31,32)33/h3,5-10,18,23H,2,4,11-17H2,1H3,(H,35,36). The first-order chi connectivity index (χ1) is 19.3. The molecular formula is C27H31F6NO7. The molecule has 0 saturated heterocycles. The number of aliphatic carboxylic acids is 1. The average Bonchev–Trinajstić information content (AvgIpc) is 2.89. The number of halogens is 6. The number of alkyl halides is 6. The summed E-state index contributed by atoms with van der Waals surface area (Å²) in [4.78, 5) is 25.1. The number of carbonyl (C=O) groups is 2. The largest absolute Gasteiger partial charge is 0.492 e. The van der Waals surface area contributed by atoms with Gasteiger partial charge in [-0.15, -0.1) is 0 Å². The quantitative estimate of drug-likeness (QED) is 0.189. The highest BCUT2D eigenvalue weighted by atomic mass is 19.4. The fourth-order valence-electron chi connectivity index (χ4n) is 3.48. The number of hydrogen-bond acceptors (Lipinski definition) is 6. The Labute approximate surface area is 232 Å². The molecule has 228 valence electrons. The third-order valence-corrected chi connectivity index (χ3v) is 5.50. The van der Waals surface area contributed by atoms with E-state index in [2.05, 4.69) is 0 Å². The predicted octanol–water partition coefficient (Wildman–Crippen LogP) is 5.98. The lowest BCUT2D eigenvalue weighted by atomic mass is 10.1. The van der Waals surface area contributed by atoms with E-state index in [1.54, 1.807) is 31.2 Å². The molecule has 1 atom stereocenters. The molecule has 0 radical (unpaired) electrons. The summed E-state index contributed by atoms with van der Waals surface area (Å²) in [6, 6.07) is 10.2. The van der Waals surface area contributed by atoms with Gasteiger partial charge in [-0.25, -0.2) is 9.59 Å². The lowest BCUT2D eigenvalue weighted by Crippen LogP contribution is -2.39. The number of carbonyl (C=O) groups excluding carboxylic acids is 1. The molecule has 0 fully saturated rings. The predicted molar refractivity (Wildman–Crippen MR) is 134 cm³/mol. The molecule has 0 aliphatic carbocycles. The summed E-state index contributed by atoms with van der Waals surface area (Å²) < 4.78 is 97.0. The first-order valence-corrected chi connectivity index (χ1v) is 12.6. The second-order valence-electron chi connectivity index (χ2n) is 8.69. The van der Waals surface area contributed by atoms with Gasteiger partial charge in [0.2, 0.25) is 0 Å². The minimum atomic E-state index is -4.65. The van der Waals surface area contributed by atoms with Crippen LogP contribution in [0.3, 0.4) is 0 Å². The SMILES string of the molecule is CCOC(Cc1ccc(OCCN(CCOCCCC(F)(F)F)C(=O)Oc2cccc(C(F)(F)F)c2)cc1)C(=O)O. The molecule has 0 aliphatic heterocycles. The van der Waals surface area contributed by atoms with Crippen molar-refractivity contribution in [3.8, 4) is 11.5 Å². The van der Waals surface area contributed by atoms with Crippen LogP contribution in [0.25, 0.3) is 0 Å². The smallest absolute Gasteiger partial charge is 0.416 e. The Morgan fingerprint density at radius 2 is 1.61 bits per heavy atom. The van der Waals surface area contributed by atoms with Gasteiger partial charge >= 0.3 is 24.4 Å². The molecule has 8 nitrogen and oxygen atoms in total. The van der Waals surface area contributed by atoms with Crippen molar-refractivity contribution in [3.05, 3.63) is 59.7 Å². The van der Waals surface area contributed by atoms with Crippen molar-refractivity contribution in [2.75, 3.05) is 39.5 Å². The maximum Gasteiger partial charge on any atom is 0.416 e. The maximum absolute atomic E-state index is 13.0. The van der Waals surface area contributed by atoms with Gasteiger partial charge in [0.15, 0.2) is 6.10 Å². The molecule has 2 aromatic carbocycles. The Balaban J connectivity index is 1.97. The summed E-state index contributed by atoms with van der Waals surface area (Å²) in [5, 5.41) is 9.22. The van der Waals surface area contributed by atoms with Crippen molar-refractivity contribution < 1.29 is 60.0 Å². The zero-order valence-corrected chi connectivity index (χ0v) is 22.2. The van der Waals surface area contributed by atoms with Gasteiger partial charge in [0.25, 0.3) is 0 Å². The maximum atomic E-state index is 13.0. The molecule has 0 spiro atoms. The summed E-state index contributed by atoms with van der Waals surface area (Å²) in [5.74, 6) is -1.04. The van der Waals surface area contributed by atoms with E-state index in [1.807, 2.05) is 0 Å². The molecule has 14 heteroatoms.